The number of nitrogens with two attached hydrogens (primary N) is 1. The number of rotatable bonds is 4. The largest absolute Gasteiger partial charge is 0.465 e. The molecule has 4 heteroatoms. The van der Waals surface area contributed by atoms with Crippen molar-refractivity contribution < 1.29 is 14.3 Å². The Labute approximate surface area is 108 Å². The first kappa shape index (κ1) is 14.5. The fourth-order valence-electron chi connectivity index (χ4n) is 1.95. The van der Waals surface area contributed by atoms with E-state index in [1.165, 1.54) is 7.11 Å². The lowest BCUT2D eigenvalue weighted by Gasteiger charge is -2.19. The van der Waals surface area contributed by atoms with Crippen LogP contribution >= 0.6 is 0 Å². The van der Waals surface area contributed by atoms with Gasteiger partial charge in [0.05, 0.1) is 24.9 Å². The molecule has 0 saturated carbocycles. The maximum absolute atomic E-state index is 11.6. The molecule has 0 fully saturated rings. The molecule has 0 radical (unpaired) electrons. The summed E-state index contributed by atoms with van der Waals surface area (Å²) in [5, 5.41) is 0. The molecule has 0 heterocycles. The molecule has 0 aliphatic rings. The molecule has 0 aliphatic carbocycles. The minimum absolute atomic E-state index is 0.0889. The van der Waals surface area contributed by atoms with Gasteiger partial charge in [-0.2, -0.15) is 0 Å². The highest BCUT2D eigenvalue weighted by molar-refractivity contribution is 5.95. The third-order valence-corrected chi connectivity index (χ3v) is 2.76. The molecule has 100 valence electrons. The van der Waals surface area contributed by atoms with Crippen molar-refractivity contribution >= 4 is 11.7 Å². The summed E-state index contributed by atoms with van der Waals surface area (Å²) in [6.07, 6.45) is 0.0348. The van der Waals surface area contributed by atoms with Crippen LogP contribution in [0.3, 0.4) is 0 Å². The van der Waals surface area contributed by atoms with Crippen molar-refractivity contribution in [2.24, 2.45) is 0 Å². The lowest BCUT2D eigenvalue weighted by Crippen LogP contribution is -2.12. The number of methoxy groups -OCH3 is 1. The zero-order chi connectivity index (χ0) is 13.9. The van der Waals surface area contributed by atoms with Crippen molar-refractivity contribution in [3.63, 3.8) is 0 Å². The van der Waals surface area contributed by atoms with Crippen molar-refractivity contribution in [2.45, 2.75) is 39.9 Å². The van der Waals surface area contributed by atoms with Gasteiger partial charge in [-0.1, -0.05) is 0 Å². The second-order valence-electron chi connectivity index (χ2n) is 4.61. The van der Waals surface area contributed by atoms with E-state index in [2.05, 4.69) is 0 Å². The first-order valence-corrected chi connectivity index (χ1v) is 6.00. The molecule has 1 aromatic rings. The quantitative estimate of drug-likeness (QED) is 0.660. The molecule has 0 saturated heterocycles. The summed E-state index contributed by atoms with van der Waals surface area (Å²) in [5.74, 6) is -0.425. The van der Waals surface area contributed by atoms with Gasteiger partial charge in [-0.05, 0) is 51.0 Å². The van der Waals surface area contributed by atoms with Gasteiger partial charge in [-0.25, -0.2) is 4.79 Å². The molecule has 0 aliphatic heterocycles. The van der Waals surface area contributed by atoms with Crippen LogP contribution in [0.4, 0.5) is 5.69 Å². The van der Waals surface area contributed by atoms with Crippen LogP contribution in [0.2, 0.25) is 0 Å². The van der Waals surface area contributed by atoms with Crippen molar-refractivity contribution in [1.82, 2.24) is 0 Å². The number of anilines is 1. The Hall–Kier alpha value is -1.55. The van der Waals surface area contributed by atoms with Gasteiger partial charge >= 0.3 is 5.97 Å². The maximum atomic E-state index is 11.6. The second kappa shape index (κ2) is 5.87. The molecule has 1 aromatic carbocycles. The van der Waals surface area contributed by atoms with Gasteiger partial charge in [0.25, 0.3) is 0 Å². The van der Waals surface area contributed by atoms with E-state index in [0.29, 0.717) is 11.3 Å². The first-order chi connectivity index (χ1) is 8.36. The minimum atomic E-state index is -0.425. The Bertz CT molecular complexity index is 441. The van der Waals surface area contributed by atoms with Crippen molar-refractivity contribution in [2.75, 3.05) is 12.8 Å². The average Bonchev–Trinajstić information content (AvgIpc) is 2.27. The molecular weight excluding hydrogens is 230 g/mol. The SMILES string of the molecule is COC(=O)c1cc(C(C)OC(C)C)c(C)cc1N. The van der Waals surface area contributed by atoms with Crippen LogP contribution in [0.15, 0.2) is 12.1 Å². The van der Waals surface area contributed by atoms with Gasteiger partial charge in [-0.15, -0.1) is 0 Å². The number of esters is 1. The molecule has 4 nitrogen and oxygen atoms in total. The van der Waals surface area contributed by atoms with E-state index in [1.807, 2.05) is 27.7 Å². The molecule has 1 rings (SSSR count). The molecule has 0 spiro atoms. The van der Waals surface area contributed by atoms with Gasteiger partial charge in [0.2, 0.25) is 0 Å². The molecule has 1 unspecified atom stereocenters. The molecule has 0 aromatic heterocycles. The lowest BCUT2D eigenvalue weighted by molar-refractivity contribution is 0.0175. The normalized spacial score (nSPS) is 12.6. The fraction of sp³-hybridized carbons (Fsp3) is 0.500. The highest BCUT2D eigenvalue weighted by Gasteiger charge is 2.17. The Morgan fingerprint density at radius 2 is 1.89 bits per heavy atom. The van der Waals surface area contributed by atoms with Crippen molar-refractivity contribution in [1.29, 1.82) is 0 Å². The maximum Gasteiger partial charge on any atom is 0.339 e. The van der Waals surface area contributed by atoms with Gasteiger partial charge in [-0.3, -0.25) is 0 Å². The van der Waals surface area contributed by atoms with Gasteiger partial charge in [0, 0.05) is 5.69 Å². The molecule has 18 heavy (non-hydrogen) atoms. The van der Waals surface area contributed by atoms with E-state index < -0.39 is 5.97 Å². The van der Waals surface area contributed by atoms with Crippen LogP contribution in [-0.2, 0) is 9.47 Å². The third-order valence-electron chi connectivity index (χ3n) is 2.76. The molecule has 1 atom stereocenters. The van der Waals surface area contributed by atoms with Crippen molar-refractivity contribution in [3.8, 4) is 0 Å². The van der Waals surface area contributed by atoms with Crippen molar-refractivity contribution in [3.05, 3.63) is 28.8 Å². The Morgan fingerprint density at radius 1 is 1.28 bits per heavy atom. The van der Waals surface area contributed by atoms with E-state index in [0.717, 1.165) is 11.1 Å². The summed E-state index contributed by atoms with van der Waals surface area (Å²) < 4.78 is 10.4. The molecule has 0 amide bonds. The van der Waals surface area contributed by atoms with E-state index in [4.69, 9.17) is 15.2 Å². The summed E-state index contributed by atoms with van der Waals surface area (Å²) in [6.45, 7) is 7.86. The smallest absolute Gasteiger partial charge is 0.339 e. The summed E-state index contributed by atoms with van der Waals surface area (Å²) in [7, 11) is 1.34. The van der Waals surface area contributed by atoms with E-state index in [1.54, 1.807) is 12.1 Å². The van der Waals surface area contributed by atoms with Crippen LogP contribution in [-0.4, -0.2) is 19.2 Å². The van der Waals surface area contributed by atoms with Gasteiger partial charge in [0.1, 0.15) is 0 Å². The summed E-state index contributed by atoms with van der Waals surface area (Å²) in [5.41, 5.74) is 8.61. The number of benzene rings is 1. The average molecular weight is 251 g/mol. The Morgan fingerprint density at radius 3 is 2.39 bits per heavy atom. The summed E-state index contributed by atoms with van der Waals surface area (Å²) in [4.78, 5) is 11.6. The monoisotopic (exact) mass is 251 g/mol. The number of hydrogen-bond donors (Lipinski definition) is 1. The molecule has 0 bridgehead atoms. The topological polar surface area (TPSA) is 61.5 Å². The molecule has 2 N–H and O–H groups in total. The third kappa shape index (κ3) is 3.23. The number of aryl methyl sites for hydroxylation is 1. The van der Waals surface area contributed by atoms with Gasteiger partial charge < -0.3 is 15.2 Å². The van der Waals surface area contributed by atoms with Gasteiger partial charge in [0.15, 0.2) is 0 Å². The number of ether oxygens (including phenoxy) is 2. The zero-order valence-corrected chi connectivity index (χ0v) is 11.6. The van der Waals surface area contributed by atoms with Crippen LogP contribution in [0, 0.1) is 6.92 Å². The highest BCUT2D eigenvalue weighted by Crippen LogP contribution is 2.27. The van der Waals surface area contributed by atoms with Crippen LogP contribution in [0.25, 0.3) is 0 Å². The predicted octanol–water partition coefficient (Wildman–Crippen LogP) is 2.85. The number of hydrogen-bond acceptors (Lipinski definition) is 4. The van der Waals surface area contributed by atoms with E-state index >= 15 is 0 Å². The van der Waals surface area contributed by atoms with E-state index in [-0.39, 0.29) is 12.2 Å². The first-order valence-electron chi connectivity index (χ1n) is 6.00. The fourth-order valence-corrected chi connectivity index (χ4v) is 1.95. The number of nitrogen functional groups attached to an aromatic ring is 1. The Balaban J connectivity index is 3.16. The predicted molar refractivity (Wildman–Crippen MR) is 71.6 cm³/mol. The second-order valence-corrected chi connectivity index (χ2v) is 4.61. The standard InChI is InChI=1S/C14H21NO3/c1-8(2)18-10(4)11-7-12(14(16)17-5)13(15)6-9(11)3/h6-8,10H,15H2,1-5H3. The number of carbonyl (C=O) groups excluding carboxylic acids is 1. The van der Waals surface area contributed by atoms with Crippen LogP contribution < -0.4 is 5.73 Å². The minimum Gasteiger partial charge on any atom is -0.465 e. The highest BCUT2D eigenvalue weighted by atomic mass is 16.5. The lowest BCUT2D eigenvalue weighted by atomic mass is 9.99. The van der Waals surface area contributed by atoms with Crippen LogP contribution in [0.5, 0.6) is 0 Å². The Kier molecular flexibility index (Phi) is 4.73. The number of carbonyl (C=O) groups is 1. The summed E-state index contributed by atoms with van der Waals surface area (Å²) >= 11 is 0. The molecular formula is C14H21NO3. The van der Waals surface area contributed by atoms with E-state index in [9.17, 15) is 4.79 Å². The zero-order valence-electron chi connectivity index (χ0n) is 11.6. The summed E-state index contributed by atoms with van der Waals surface area (Å²) in [6, 6.07) is 3.53. The van der Waals surface area contributed by atoms with Crippen LogP contribution in [0.1, 0.15) is 48.4 Å².